The summed E-state index contributed by atoms with van der Waals surface area (Å²) in [6.45, 7) is 0.324. The quantitative estimate of drug-likeness (QED) is 0.286. The molecule has 0 fully saturated rings. The van der Waals surface area contributed by atoms with Crippen molar-refractivity contribution in [1.29, 1.82) is 0 Å². The van der Waals surface area contributed by atoms with Gasteiger partial charge in [-0.05, 0) is 29.8 Å². The molecule has 0 bridgehead atoms. The first-order valence-corrected chi connectivity index (χ1v) is 7.51. The highest BCUT2D eigenvalue weighted by atomic mass is 16.5. The predicted molar refractivity (Wildman–Crippen MR) is 93.5 cm³/mol. The maximum atomic E-state index is 11.7. The first-order chi connectivity index (χ1) is 12.0. The number of nitrogens with zero attached hydrogens (tertiary/aromatic N) is 2. The summed E-state index contributed by atoms with van der Waals surface area (Å²) in [4.78, 5) is 11.7. The first-order valence-electron chi connectivity index (χ1n) is 7.51. The van der Waals surface area contributed by atoms with Crippen LogP contribution in [0.3, 0.4) is 0 Å². The van der Waals surface area contributed by atoms with E-state index in [0.717, 1.165) is 16.5 Å². The van der Waals surface area contributed by atoms with Gasteiger partial charge in [0, 0.05) is 17.5 Å². The number of hydrogen-bond donors (Lipinski definition) is 3. The van der Waals surface area contributed by atoms with Crippen LogP contribution in [0.2, 0.25) is 0 Å². The summed E-state index contributed by atoms with van der Waals surface area (Å²) in [5.41, 5.74) is 7.93. The molecule has 0 atom stereocenters. The van der Waals surface area contributed by atoms with Gasteiger partial charge in [0.2, 0.25) is 0 Å². The smallest absolute Gasteiger partial charge is 0.352 e. The van der Waals surface area contributed by atoms with Gasteiger partial charge in [0.15, 0.2) is 5.84 Å². The summed E-state index contributed by atoms with van der Waals surface area (Å²) in [6.07, 6.45) is 0. The van der Waals surface area contributed by atoms with Crippen molar-refractivity contribution in [3.8, 4) is 5.75 Å². The van der Waals surface area contributed by atoms with Gasteiger partial charge < -0.3 is 25.4 Å². The Balaban J connectivity index is 2.12. The second kappa shape index (κ2) is 6.56. The van der Waals surface area contributed by atoms with E-state index in [1.54, 1.807) is 42.0 Å². The van der Waals surface area contributed by atoms with E-state index >= 15 is 0 Å². The number of benzene rings is 2. The molecule has 0 spiro atoms. The zero-order valence-corrected chi connectivity index (χ0v) is 13.5. The molecule has 0 aliphatic heterocycles. The first kappa shape index (κ1) is 16.4. The zero-order chi connectivity index (χ0) is 18.0. The molecule has 0 radical (unpaired) electrons. The molecule has 0 amide bonds. The molecule has 3 rings (SSSR count). The number of carbonyl (C=O) groups is 1. The van der Waals surface area contributed by atoms with Crippen molar-refractivity contribution in [3.05, 3.63) is 65.4 Å². The van der Waals surface area contributed by atoms with Crippen LogP contribution < -0.4 is 10.5 Å². The number of nitrogens with two attached hydrogens (primary N) is 1. The standard InChI is InChI=1S/C18H17N3O4/c1-25-16-7-3-6-14-13(16)9-15(18(22)23)21(14)10-11-4-2-5-12(8-11)17(19)20-24/h2-9,24H,10H2,1H3,(H2,19,20)(H,22,23). The molecule has 0 unspecified atom stereocenters. The molecule has 0 aliphatic carbocycles. The van der Waals surface area contributed by atoms with Gasteiger partial charge in [0.05, 0.1) is 12.6 Å². The van der Waals surface area contributed by atoms with E-state index in [1.807, 2.05) is 18.2 Å². The molecule has 3 aromatic rings. The van der Waals surface area contributed by atoms with Gasteiger partial charge in [-0.25, -0.2) is 4.79 Å². The summed E-state index contributed by atoms with van der Waals surface area (Å²) in [6, 6.07) is 14.1. The highest BCUT2D eigenvalue weighted by molar-refractivity contribution is 5.98. The third-order valence-corrected chi connectivity index (χ3v) is 4.02. The van der Waals surface area contributed by atoms with Gasteiger partial charge in [0.25, 0.3) is 0 Å². The van der Waals surface area contributed by atoms with E-state index < -0.39 is 5.97 Å². The number of aromatic nitrogens is 1. The van der Waals surface area contributed by atoms with Gasteiger partial charge >= 0.3 is 5.97 Å². The number of rotatable bonds is 5. The molecule has 0 aliphatic rings. The van der Waals surface area contributed by atoms with E-state index in [1.165, 1.54) is 0 Å². The fourth-order valence-corrected chi connectivity index (χ4v) is 2.85. The SMILES string of the molecule is COc1cccc2c1cc(C(=O)O)n2Cc1cccc(/C(N)=N/O)c1. The average Bonchev–Trinajstić information content (AvgIpc) is 3.00. The minimum Gasteiger partial charge on any atom is -0.496 e. The monoisotopic (exact) mass is 339 g/mol. The van der Waals surface area contributed by atoms with Crippen LogP contribution >= 0.6 is 0 Å². The Morgan fingerprint density at radius 3 is 2.68 bits per heavy atom. The molecular weight excluding hydrogens is 322 g/mol. The van der Waals surface area contributed by atoms with Crippen LogP contribution in [0.5, 0.6) is 5.75 Å². The number of amidine groups is 1. The van der Waals surface area contributed by atoms with Gasteiger partial charge in [-0.1, -0.05) is 29.4 Å². The number of fused-ring (bicyclic) bond motifs is 1. The lowest BCUT2D eigenvalue weighted by atomic mass is 10.1. The third-order valence-electron chi connectivity index (χ3n) is 4.02. The second-order valence-corrected chi connectivity index (χ2v) is 5.50. The van der Waals surface area contributed by atoms with Crippen molar-refractivity contribution in [1.82, 2.24) is 4.57 Å². The van der Waals surface area contributed by atoms with Crippen LogP contribution in [0, 0.1) is 0 Å². The van der Waals surface area contributed by atoms with Crippen molar-refractivity contribution < 1.29 is 19.8 Å². The molecule has 1 aromatic heterocycles. The van der Waals surface area contributed by atoms with Crippen LogP contribution in [-0.2, 0) is 6.54 Å². The zero-order valence-electron chi connectivity index (χ0n) is 13.5. The number of aromatic carboxylic acids is 1. The van der Waals surface area contributed by atoms with Gasteiger partial charge in [0.1, 0.15) is 11.4 Å². The molecular formula is C18H17N3O4. The van der Waals surface area contributed by atoms with Crippen molar-refractivity contribution >= 4 is 22.7 Å². The van der Waals surface area contributed by atoms with Crippen molar-refractivity contribution in [2.75, 3.05) is 7.11 Å². The maximum absolute atomic E-state index is 11.7. The summed E-state index contributed by atoms with van der Waals surface area (Å²) < 4.78 is 7.02. The molecule has 0 saturated heterocycles. The Morgan fingerprint density at radius 2 is 2.00 bits per heavy atom. The molecule has 25 heavy (non-hydrogen) atoms. The Hall–Kier alpha value is -3.48. The number of hydrogen-bond acceptors (Lipinski definition) is 4. The van der Waals surface area contributed by atoms with E-state index in [-0.39, 0.29) is 11.5 Å². The number of methoxy groups -OCH3 is 1. The van der Waals surface area contributed by atoms with E-state index in [2.05, 4.69) is 5.16 Å². The van der Waals surface area contributed by atoms with Crippen LogP contribution in [0.15, 0.2) is 53.7 Å². The highest BCUT2D eigenvalue weighted by Gasteiger charge is 2.17. The molecule has 0 saturated carbocycles. The number of oxime groups is 1. The Bertz CT molecular complexity index is 976. The van der Waals surface area contributed by atoms with Gasteiger partial charge in [-0.2, -0.15) is 0 Å². The highest BCUT2D eigenvalue weighted by Crippen LogP contribution is 2.29. The van der Waals surface area contributed by atoms with Gasteiger partial charge in [-0.15, -0.1) is 0 Å². The molecule has 2 aromatic carbocycles. The average molecular weight is 339 g/mol. The summed E-state index contributed by atoms with van der Waals surface area (Å²) in [5.74, 6) is -0.408. The normalized spacial score (nSPS) is 11.6. The molecule has 7 nitrogen and oxygen atoms in total. The van der Waals surface area contributed by atoms with Crippen molar-refractivity contribution in [3.63, 3.8) is 0 Å². The molecule has 128 valence electrons. The fourth-order valence-electron chi connectivity index (χ4n) is 2.85. The molecule has 4 N–H and O–H groups in total. The number of carboxylic acid groups (broad SMARTS) is 1. The summed E-state index contributed by atoms with van der Waals surface area (Å²) in [5, 5.41) is 22.1. The Labute approximate surface area is 143 Å². The minimum absolute atomic E-state index is 0.000610. The van der Waals surface area contributed by atoms with E-state index in [4.69, 9.17) is 15.7 Å². The Morgan fingerprint density at radius 1 is 1.24 bits per heavy atom. The lowest BCUT2D eigenvalue weighted by molar-refractivity contribution is 0.0686. The fraction of sp³-hybridized carbons (Fsp3) is 0.111. The summed E-state index contributed by atoms with van der Waals surface area (Å²) >= 11 is 0. The maximum Gasteiger partial charge on any atom is 0.352 e. The van der Waals surface area contributed by atoms with Crippen LogP contribution in [0.1, 0.15) is 21.6 Å². The van der Waals surface area contributed by atoms with Crippen LogP contribution in [-0.4, -0.2) is 33.8 Å². The van der Waals surface area contributed by atoms with Crippen molar-refractivity contribution in [2.24, 2.45) is 10.9 Å². The summed E-state index contributed by atoms with van der Waals surface area (Å²) in [7, 11) is 1.55. The van der Waals surface area contributed by atoms with E-state index in [0.29, 0.717) is 17.9 Å². The topological polar surface area (TPSA) is 110 Å². The van der Waals surface area contributed by atoms with Crippen LogP contribution in [0.4, 0.5) is 0 Å². The lowest BCUT2D eigenvalue weighted by Gasteiger charge is -2.10. The largest absolute Gasteiger partial charge is 0.496 e. The lowest BCUT2D eigenvalue weighted by Crippen LogP contribution is -2.14. The predicted octanol–water partition coefficient (Wildman–Crippen LogP) is 2.49. The van der Waals surface area contributed by atoms with Gasteiger partial charge in [-0.3, -0.25) is 0 Å². The second-order valence-electron chi connectivity index (χ2n) is 5.50. The third kappa shape index (κ3) is 2.99. The minimum atomic E-state index is -1.02. The van der Waals surface area contributed by atoms with E-state index in [9.17, 15) is 9.90 Å². The number of ether oxygens (including phenoxy) is 1. The number of carboxylic acids is 1. The molecule has 7 heteroatoms. The Kier molecular flexibility index (Phi) is 4.30. The van der Waals surface area contributed by atoms with Crippen LogP contribution in [0.25, 0.3) is 10.9 Å². The van der Waals surface area contributed by atoms with Crippen molar-refractivity contribution in [2.45, 2.75) is 6.54 Å². The molecule has 1 heterocycles.